The number of carbonyl (C=O) groups excluding carboxylic acids is 1. The minimum Gasteiger partial charge on any atom is -0.480 e. The number of nitrogens with zero attached hydrogens (tertiary/aromatic N) is 1. The highest BCUT2D eigenvalue weighted by atomic mass is 32.2. The zero-order valence-electron chi connectivity index (χ0n) is 9.41. The van der Waals surface area contributed by atoms with E-state index in [9.17, 15) is 9.59 Å². The molecule has 1 aliphatic rings. The van der Waals surface area contributed by atoms with Crippen LogP contribution < -0.4 is 0 Å². The second-order valence-corrected chi connectivity index (χ2v) is 5.37. The Hall–Kier alpha value is -1.60. The molecular formula is C11H10N2O3S2. The van der Waals surface area contributed by atoms with Gasteiger partial charge in [-0.15, -0.1) is 0 Å². The first-order chi connectivity index (χ1) is 8.50. The molecule has 1 amide bonds. The van der Waals surface area contributed by atoms with Crippen LogP contribution in [0.4, 0.5) is 0 Å². The number of carboxylic acid groups (broad SMARTS) is 1. The predicted octanol–water partition coefficient (Wildman–Crippen LogP) is 1.69. The van der Waals surface area contributed by atoms with Gasteiger partial charge >= 0.3 is 5.97 Å². The minimum absolute atomic E-state index is 0.271. The lowest BCUT2D eigenvalue weighted by Gasteiger charge is -2.18. The molecule has 0 bridgehead atoms. The summed E-state index contributed by atoms with van der Waals surface area (Å²) in [6.45, 7) is 1.44. The van der Waals surface area contributed by atoms with Crippen molar-refractivity contribution in [2.24, 2.45) is 0 Å². The van der Waals surface area contributed by atoms with Gasteiger partial charge < -0.3 is 10.1 Å². The fourth-order valence-electron chi connectivity index (χ4n) is 1.50. The molecule has 18 heavy (non-hydrogen) atoms. The molecule has 1 atom stereocenters. The van der Waals surface area contributed by atoms with Crippen LogP contribution in [-0.2, 0) is 9.59 Å². The summed E-state index contributed by atoms with van der Waals surface area (Å²) in [5.41, 5.74) is 0.776. The van der Waals surface area contributed by atoms with Crippen molar-refractivity contribution in [3.8, 4) is 0 Å². The Morgan fingerprint density at radius 3 is 2.94 bits per heavy atom. The number of amides is 1. The average molecular weight is 282 g/mol. The molecule has 1 aliphatic heterocycles. The van der Waals surface area contributed by atoms with Crippen LogP contribution in [0.1, 0.15) is 12.6 Å². The van der Waals surface area contributed by atoms with E-state index < -0.39 is 12.0 Å². The maximum Gasteiger partial charge on any atom is 0.326 e. The zero-order chi connectivity index (χ0) is 13.3. The summed E-state index contributed by atoms with van der Waals surface area (Å²) in [5.74, 6) is -1.44. The molecule has 5 nitrogen and oxygen atoms in total. The van der Waals surface area contributed by atoms with Crippen LogP contribution in [0.25, 0.3) is 6.08 Å². The fraction of sp³-hybridized carbons (Fsp3) is 0.182. The van der Waals surface area contributed by atoms with Crippen LogP contribution in [0.5, 0.6) is 0 Å². The number of H-pyrrole nitrogens is 1. The molecular weight excluding hydrogens is 272 g/mol. The van der Waals surface area contributed by atoms with Crippen LogP contribution >= 0.6 is 24.0 Å². The molecule has 2 heterocycles. The highest BCUT2D eigenvalue weighted by Crippen LogP contribution is 2.33. The van der Waals surface area contributed by atoms with Crippen molar-refractivity contribution in [1.29, 1.82) is 0 Å². The van der Waals surface area contributed by atoms with Crippen molar-refractivity contribution in [2.75, 3.05) is 0 Å². The number of aliphatic carboxylic acids is 1. The lowest BCUT2D eigenvalue weighted by atomic mass is 10.3. The van der Waals surface area contributed by atoms with Gasteiger partial charge in [0.15, 0.2) is 0 Å². The number of hydrogen-bond donors (Lipinski definition) is 2. The Kier molecular flexibility index (Phi) is 3.53. The van der Waals surface area contributed by atoms with Gasteiger partial charge in [-0.05, 0) is 25.1 Å². The van der Waals surface area contributed by atoms with E-state index in [0.717, 1.165) is 22.4 Å². The summed E-state index contributed by atoms with van der Waals surface area (Å²) in [4.78, 5) is 27.5. The number of aromatic amines is 1. The van der Waals surface area contributed by atoms with Crippen molar-refractivity contribution in [1.82, 2.24) is 9.88 Å². The number of carboxylic acids is 1. The van der Waals surface area contributed by atoms with Crippen molar-refractivity contribution in [3.05, 3.63) is 28.9 Å². The summed E-state index contributed by atoms with van der Waals surface area (Å²) in [6, 6.07) is 2.67. The molecule has 0 aromatic carbocycles. The lowest BCUT2D eigenvalue weighted by Crippen LogP contribution is -2.41. The average Bonchev–Trinajstić information content (AvgIpc) is 2.88. The molecule has 7 heteroatoms. The number of hydrogen-bond acceptors (Lipinski definition) is 4. The van der Waals surface area contributed by atoms with E-state index >= 15 is 0 Å². The third kappa shape index (κ3) is 2.32. The van der Waals surface area contributed by atoms with E-state index in [0.29, 0.717) is 4.91 Å². The first-order valence-corrected chi connectivity index (χ1v) is 6.36. The summed E-state index contributed by atoms with van der Waals surface area (Å²) in [5, 5.41) is 8.93. The van der Waals surface area contributed by atoms with Gasteiger partial charge in [-0.1, -0.05) is 24.0 Å². The van der Waals surface area contributed by atoms with E-state index in [-0.39, 0.29) is 10.2 Å². The van der Waals surface area contributed by atoms with Gasteiger partial charge in [0.1, 0.15) is 10.4 Å². The zero-order valence-corrected chi connectivity index (χ0v) is 11.0. The molecule has 94 valence electrons. The van der Waals surface area contributed by atoms with Crippen molar-refractivity contribution in [2.45, 2.75) is 13.0 Å². The summed E-state index contributed by atoms with van der Waals surface area (Å²) in [7, 11) is 0. The number of carbonyl (C=O) groups is 2. The quantitative estimate of drug-likeness (QED) is 0.652. The normalized spacial score (nSPS) is 19.6. The van der Waals surface area contributed by atoms with E-state index in [1.165, 1.54) is 6.92 Å². The number of nitrogens with one attached hydrogen (secondary N) is 1. The van der Waals surface area contributed by atoms with Crippen LogP contribution in [-0.4, -0.2) is 37.2 Å². The third-order valence-corrected chi connectivity index (χ3v) is 3.81. The topological polar surface area (TPSA) is 73.4 Å². The van der Waals surface area contributed by atoms with Gasteiger partial charge in [-0.3, -0.25) is 9.69 Å². The second kappa shape index (κ2) is 4.95. The van der Waals surface area contributed by atoms with E-state index in [2.05, 4.69) is 4.98 Å². The number of thiocarbonyl (C=S) groups is 1. The SMILES string of the molecule is C[C@H](C(=O)O)N1C(=O)/C(=C/c2ccc[nH]2)SC1=S. The molecule has 0 saturated carbocycles. The van der Waals surface area contributed by atoms with Crippen molar-refractivity contribution in [3.63, 3.8) is 0 Å². The van der Waals surface area contributed by atoms with Crippen LogP contribution in [0.3, 0.4) is 0 Å². The van der Waals surface area contributed by atoms with Crippen molar-refractivity contribution < 1.29 is 14.7 Å². The fourth-order valence-corrected chi connectivity index (χ4v) is 2.91. The van der Waals surface area contributed by atoms with E-state index in [4.69, 9.17) is 17.3 Å². The largest absolute Gasteiger partial charge is 0.480 e. The summed E-state index contributed by atoms with van der Waals surface area (Å²) >= 11 is 6.15. The van der Waals surface area contributed by atoms with E-state index in [1.807, 2.05) is 12.1 Å². The Labute approximate surface area is 113 Å². The summed E-state index contributed by atoms with van der Waals surface area (Å²) in [6.07, 6.45) is 3.40. The molecule has 0 radical (unpaired) electrons. The molecule has 1 aromatic rings. The van der Waals surface area contributed by atoms with Gasteiger partial charge in [0.25, 0.3) is 5.91 Å². The Morgan fingerprint density at radius 2 is 2.39 bits per heavy atom. The molecule has 2 N–H and O–H groups in total. The maximum atomic E-state index is 12.1. The van der Waals surface area contributed by atoms with Gasteiger partial charge in [-0.25, -0.2) is 4.79 Å². The Morgan fingerprint density at radius 1 is 1.67 bits per heavy atom. The molecule has 0 unspecified atom stereocenters. The number of rotatable bonds is 3. The van der Waals surface area contributed by atoms with Crippen molar-refractivity contribution >= 4 is 46.3 Å². The maximum absolute atomic E-state index is 12.1. The monoisotopic (exact) mass is 282 g/mol. The molecule has 0 aliphatic carbocycles. The van der Waals surface area contributed by atoms with Gasteiger partial charge in [0.2, 0.25) is 0 Å². The highest BCUT2D eigenvalue weighted by molar-refractivity contribution is 8.26. The lowest BCUT2D eigenvalue weighted by molar-refractivity contribution is -0.144. The van der Waals surface area contributed by atoms with E-state index in [1.54, 1.807) is 12.3 Å². The molecule has 1 saturated heterocycles. The summed E-state index contributed by atoms with van der Waals surface area (Å²) < 4.78 is 0.271. The Bertz CT molecular complexity index is 536. The second-order valence-electron chi connectivity index (χ2n) is 3.69. The first-order valence-electron chi connectivity index (χ1n) is 5.14. The Balaban J connectivity index is 2.27. The van der Waals surface area contributed by atoms with Crippen LogP contribution in [0.15, 0.2) is 23.2 Å². The smallest absolute Gasteiger partial charge is 0.326 e. The highest BCUT2D eigenvalue weighted by Gasteiger charge is 2.38. The number of aromatic nitrogens is 1. The van der Waals surface area contributed by atoms with Gasteiger partial charge in [0, 0.05) is 11.9 Å². The molecule has 1 aromatic heterocycles. The van der Waals surface area contributed by atoms with Crippen LogP contribution in [0.2, 0.25) is 0 Å². The molecule has 2 rings (SSSR count). The van der Waals surface area contributed by atoms with Crippen LogP contribution in [0, 0.1) is 0 Å². The van der Waals surface area contributed by atoms with Gasteiger partial charge in [-0.2, -0.15) is 0 Å². The predicted molar refractivity (Wildman–Crippen MR) is 72.9 cm³/mol. The molecule has 1 fully saturated rings. The first kappa shape index (κ1) is 12.8. The minimum atomic E-state index is -1.08. The standard InChI is InChI=1S/C11H10N2O3S2/c1-6(10(15)16)13-9(14)8(18-11(13)17)5-7-3-2-4-12-7/h2-6,12H,1H3,(H,15,16)/b8-5-/t6-/m1/s1. The third-order valence-electron chi connectivity index (χ3n) is 2.48. The molecule has 0 spiro atoms. The van der Waals surface area contributed by atoms with Gasteiger partial charge in [0.05, 0.1) is 4.91 Å². The number of thioether (sulfide) groups is 1.